The number of nitro groups is 1. The molecular formula is C19H15N4O3S+. The number of aromatic nitrogens is 3. The molecule has 0 fully saturated rings. The molecule has 7 nitrogen and oxygen atoms in total. The molecule has 0 N–H and O–H groups in total. The Kier molecular flexibility index (Phi) is 4.17. The van der Waals surface area contributed by atoms with Crippen LogP contribution in [0, 0.1) is 14.9 Å². The standard InChI is InChI=1S/C19H15N4O3S/c1-26-17-11-9-15(10-12-17)22-19(27)21(18-4-2-3-13-20(18)22)14-5-7-16(8-6-14)23(24)25/h2-13H,1H3/q+1. The summed E-state index contributed by atoms with van der Waals surface area (Å²) in [5.41, 5.74) is 2.51. The van der Waals surface area contributed by atoms with Crippen LogP contribution in [0.2, 0.25) is 0 Å². The molecule has 0 saturated heterocycles. The van der Waals surface area contributed by atoms with Gasteiger partial charge < -0.3 is 4.74 Å². The van der Waals surface area contributed by atoms with Crippen molar-refractivity contribution in [1.82, 2.24) is 9.20 Å². The van der Waals surface area contributed by atoms with Crippen molar-refractivity contribution < 1.29 is 14.2 Å². The summed E-state index contributed by atoms with van der Waals surface area (Å²) < 4.78 is 11.5. The van der Waals surface area contributed by atoms with Gasteiger partial charge in [-0.2, -0.15) is 4.57 Å². The van der Waals surface area contributed by atoms with Crippen molar-refractivity contribution in [1.29, 1.82) is 0 Å². The van der Waals surface area contributed by atoms with Crippen LogP contribution < -0.4 is 9.30 Å². The van der Waals surface area contributed by atoms with E-state index < -0.39 is 4.92 Å². The van der Waals surface area contributed by atoms with E-state index in [0.29, 0.717) is 4.77 Å². The number of benzene rings is 2. The van der Waals surface area contributed by atoms with Gasteiger partial charge in [-0.15, -0.1) is 4.52 Å². The number of nitro benzene ring substituents is 1. The highest BCUT2D eigenvalue weighted by atomic mass is 32.1. The SMILES string of the molecule is COc1ccc(-n2c(=S)[n+](-c3ccc([N+](=O)[O-])cc3)c3ccccn32)cc1. The van der Waals surface area contributed by atoms with Gasteiger partial charge >= 0.3 is 4.77 Å². The lowest BCUT2D eigenvalue weighted by Crippen LogP contribution is -2.31. The van der Waals surface area contributed by atoms with E-state index in [4.69, 9.17) is 17.0 Å². The second-order valence-corrected chi connectivity index (χ2v) is 6.17. The Hall–Kier alpha value is -3.52. The number of rotatable bonds is 4. The fourth-order valence-corrected chi connectivity index (χ4v) is 3.37. The Morgan fingerprint density at radius 2 is 1.74 bits per heavy atom. The molecule has 0 aliphatic heterocycles. The molecule has 4 rings (SSSR count). The molecule has 0 radical (unpaired) electrons. The smallest absolute Gasteiger partial charge is 0.336 e. The number of hydrogen-bond donors (Lipinski definition) is 0. The van der Waals surface area contributed by atoms with Crippen molar-refractivity contribution in [2.45, 2.75) is 0 Å². The highest BCUT2D eigenvalue weighted by Gasteiger charge is 2.22. The van der Waals surface area contributed by atoms with Crippen molar-refractivity contribution in [3.05, 3.63) is 87.8 Å². The van der Waals surface area contributed by atoms with Gasteiger partial charge in [0.15, 0.2) is 0 Å². The number of non-ortho nitro benzene ring substituents is 1. The van der Waals surface area contributed by atoms with Crippen LogP contribution in [0.25, 0.3) is 17.0 Å². The molecule has 2 heterocycles. The van der Waals surface area contributed by atoms with Crippen LogP contribution in [0.1, 0.15) is 0 Å². The van der Waals surface area contributed by atoms with Gasteiger partial charge in [0.1, 0.15) is 23.3 Å². The lowest BCUT2D eigenvalue weighted by atomic mass is 10.3. The summed E-state index contributed by atoms with van der Waals surface area (Å²) in [6.45, 7) is 0. The van der Waals surface area contributed by atoms with E-state index in [1.54, 1.807) is 19.2 Å². The maximum atomic E-state index is 10.9. The summed E-state index contributed by atoms with van der Waals surface area (Å²) in [5, 5.41) is 10.9. The highest BCUT2D eigenvalue weighted by Crippen LogP contribution is 2.18. The molecule has 0 bridgehead atoms. The predicted octanol–water partition coefficient (Wildman–Crippen LogP) is 3.65. The first kappa shape index (κ1) is 16.9. The Morgan fingerprint density at radius 3 is 2.37 bits per heavy atom. The highest BCUT2D eigenvalue weighted by molar-refractivity contribution is 7.71. The monoisotopic (exact) mass is 379 g/mol. The van der Waals surface area contributed by atoms with Crippen molar-refractivity contribution >= 4 is 23.6 Å². The van der Waals surface area contributed by atoms with E-state index in [9.17, 15) is 10.1 Å². The fourth-order valence-electron chi connectivity index (χ4n) is 2.98. The average molecular weight is 379 g/mol. The molecule has 0 spiro atoms. The first-order valence-corrected chi connectivity index (χ1v) is 8.54. The van der Waals surface area contributed by atoms with Crippen LogP contribution >= 0.6 is 12.2 Å². The lowest BCUT2D eigenvalue weighted by Gasteiger charge is -2.00. The number of pyridine rings is 1. The van der Waals surface area contributed by atoms with Crippen LogP contribution in [0.5, 0.6) is 5.75 Å². The normalized spacial score (nSPS) is 10.9. The van der Waals surface area contributed by atoms with Crippen LogP contribution in [-0.2, 0) is 0 Å². The molecule has 0 saturated carbocycles. The van der Waals surface area contributed by atoms with Crippen LogP contribution in [0.15, 0.2) is 72.9 Å². The zero-order chi connectivity index (χ0) is 19.0. The number of nitrogens with zero attached hydrogens (tertiary/aromatic N) is 4. The molecule has 4 aromatic rings. The van der Waals surface area contributed by atoms with Gasteiger partial charge in [-0.3, -0.25) is 10.1 Å². The fraction of sp³-hybridized carbons (Fsp3) is 0.0526. The second-order valence-electron chi connectivity index (χ2n) is 5.80. The zero-order valence-corrected chi connectivity index (χ0v) is 15.2. The molecule has 0 atom stereocenters. The maximum Gasteiger partial charge on any atom is 0.336 e. The molecule has 0 unspecified atom stereocenters. The molecule has 8 heteroatoms. The van der Waals surface area contributed by atoms with Crippen molar-refractivity contribution in [3.63, 3.8) is 0 Å². The van der Waals surface area contributed by atoms with E-state index in [-0.39, 0.29) is 5.69 Å². The lowest BCUT2D eigenvalue weighted by molar-refractivity contribution is -0.576. The molecule has 2 aromatic carbocycles. The minimum Gasteiger partial charge on any atom is -0.497 e. The number of fused-ring (bicyclic) bond motifs is 1. The van der Waals surface area contributed by atoms with E-state index in [2.05, 4.69) is 0 Å². The molecule has 0 aliphatic carbocycles. The Bertz CT molecular complexity index is 1190. The van der Waals surface area contributed by atoms with Crippen molar-refractivity contribution in [3.8, 4) is 17.1 Å². The van der Waals surface area contributed by atoms with Gasteiger partial charge in [0.25, 0.3) is 11.3 Å². The third-order valence-corrected chi connectivity index (χ3v) is 4.63. The van der Waals surface area contributed by atoms with Crippen LogP contribution in [-0.4, -0.2) is 21.2 Å². The summed E-state index contributed by atoms with van der Waals surface area (Å²) in [6, 6.07) is 19.7. The minimum absolute atomic E-state index is 0.0387. The topological polar surface area (TPSA) is 65.6 Å². The summed E-state index contributed by atoms with van der Waals surface area (Å²) in [7, 11) is 1.62. The number of methoxy groups -OCH3 is 1. The van der Waals surface area contributed by atoms with Crippen LogP contribution in [0.4, 0.5) is 5.69 Å². The third kappa shape index (κ3) is 2.85. The Labute approximate surface area is 159 Å². The van der Waals surface area contributed by atoms with Gasteiger partial charge in [-0.1, -0.05) is 10.7 Å². The molecule has 134 valence electrons. The van der Waals surface area contributed by atoms with Crippen molar-refractivity contribution in [2.75, 3.05) is 7.11 Å². The first-order valence-electron chi connectivity index (χ1n) is 8.14. The van der Waals surface area contributed by atoms with E-state index in [1.807, 2.05) is 62.4 Å². The minimum atomic E-state index is -0.418. The average Bonchev–Trinajstić information content (AvgIpc) is 3.00. The Balaban J connectivity index is 1.95. The molecule has 0 aliphatic rings. The van der Waals surface area contributed by atoms with E-state index in [1.165, 1.54) is 12.1 Å². The van der Waals surface area contributed by atoms with Gasteiger partial charge in [0.05, 0.1) is 12.0 Å². The summed E-state index contributed by atoms with van der Waals surface area (Å²) in [4.78, 5) is 10.5. The predicted molar refractivity (Wildman–Crippen MR) is 102 cm³/mol. The number of hydrogen-bond acceptors (Lipinski definition) is 4. The molecular weight excluding hydrogens is 364 g/mol. The quantitative estimate of drug-likeness (QED) is 0.235. The summed E-state index contributed by atoms with van der Waals surface area (Å²) in [6.07, 6.45) is 1.91. The van der Waals surface area contributed by atoms with E-state index in [0.717, 1.165) is 22.8 Å². The maximum absolute atomic E-state index is 10.9. The molecule has 27 heavy (non-hydrogen) atoms. The van der Waals surface area contributed by atoms with Gasteiger partial charge in [0, 0.05) is 18.2 Å². The summed E-state index contributed by atoms with van der Waals surface area (Å²) in [5.74, 6) is 0.759. The van der Waals surface area contributed by atoms with E-state index >= 15 is 0 Å². The van der Waals surface area contributed by atoms with Gasteiger partial charge in [-0.25, -0.2) is 0 Å². The second kappa shape index (κ2) is 6.65. The van der Waals surface area contributed by atoms with Crippen LogP contribution in [0.3, 0.4) is 0 Å². The largest absolute Gasteiger partial charge is 0.497 e. The van der Waals surface area contributed by atoms with Gasteiger partial charge in [-0.05, 0) is 54.7 Å². The number of ether oxygens (including phenoxy) is 1. The zero-order valence-electron chi connectivity index (χ0n) is 14.4. The van der Waals surface area contributed by atoms with Gasteiger partial charge in [0.2, 0.25) is 0 Å². The Morgan fingerprint density at radius 1 is 1.04 bits per heavy atom. The van der Waals surface area contributed by atoms with Crippen molar-refractivity contribution in [2.24, 2.45) is 0 Å². The summed E-state index contributed by atoms with van der Waals surface area (Å²) >= 11 is 5.74. The first-order chi connectivity index (χ1) is 13.1. The third-order valence-electron chi connectivity index (χ3n) is 4.27. The molecule has 0 amide bonds. The molecule has 2 aromatic heterocycles.